The molecule has 0 spiro atoms. The maximum absolute atomic E-state index is 11.3. The molecule has 0 aliphatic carbocycles. The van der Waals surface area contributed by atoms with Gasteiger partial charge < -0.3 is 9.84 Å². The highest BCUT2D eigenvalue weighted by atomic mass is 16.5. The van der Waals surface area contributed by atoms with E-state index in [2.05, 4.69) is 0 Å². The topological polar surface area (TPSA) is 63.6 Å². The Balaban J connectivity index is 2.14. The standard InChI is InChI=1S/C18H16O4/c1-13(19)17(18(20)21)11-15-8-5-9-16(10-15)22-12-14-6-3-2-4-7-14/h2-11H,12H2,1H3,(H,20,21)/b17-11+. The molecule has 0 aliphatic heterocycles. The van der Waals surface area contributed by atoms with E-state index in [0.29, 0.717) is 17.9 Å². The molecule has 4 nitrogen and oxygen atoms in total. The van der Waals surface area contributed by atoms with Crippen LogP contribution in [0, 0.1) is 0 Å². The minimum atomic E-state index is -1.23. The molecule has 1 N–H and O–H groups in total. The zero-order chi connectivity index (χ0) is 15.9. The van der Waals surface area contributed by atoms with Gasteiger partial charge in [-0.3, -0.25) is 4.79 Å². The summed E-state index contributed by atoms with van der Waals surface area (Å²) in [6.07, 6.45) is 1.35. The summed E-state index contributed by atoms with van der Waals surface area (Å²) in [5, 5.41) is 9.01. The fraction of sp³-hybridized carbons (Fsp3) is 0.111. The van der Waals surface area contributed by atoms with Crippen molar-refractivity contribution in [3.8, 4) is 5.75 Å². The quantitative estimate of drug-likeness (QED) is 0.504. The Kier molecular flexibility index (Phi) is 5.09. The van der Waals surface area contributed by atoms with E-state index in [1.54, 1.807) is 24.3 Å². The van der Waals surface area contributed by atoms with Crippen molar-refractivity contribution in [1.82, 2.24) is 0 Å². The highest BCUT2D eigenvalue weighted by Gasteiger charge is 2.12. The lowest BCUT2D eigenvalue weighted by molar-refractivity contribution is -0.134. The molecule has 2 rings (SSSR count). The van der Waals surface area contributed by atoms with Crippen LogP contribution in [0.15, 0.2) is 60.2 Å². The second-order valence-electron chi connectivity index (χ2n) is 4.77. The summed E-state index contributed by atoms with van der Waals surface area (Å²) >= 11 is 0. The van der Waals surface area contributed by atoms with E-state index < -0.39 is 11.8 Å². The highest BCUT2D eigenvalue weighted by Crippen LogP contribution is 2.17. The summed E-state index contributed by atoms with van der Waals surface area (Å²) < 4.78 is 5.67. The van der Waals surface area contributed by atoms with E-state index >= 15 is 0 Å². The third-order valence-corrected chi connectivity index (χ3v) is 3.03. The molecule has 0 atom stereocenters. The molecule has 0 amide bonds. The molecule has 0 fully saturated rings. The minimum absolute atomic E-state index is 0.250. The van der Waals surface area contributed by atoms with Crippen LogP contribution in [0.25, 0.3) is 6.08 Å². The first-order chi connectivity index (χ1) is 10.6. The molecule has 0 unspecified atom stereocenters. The van der Waals surface area contributed by atoms with E-state index in [0.717, 1.165) is 5.56 Å². The predicted octanol–water partition coefficient (Wildman–Crippen LogP) is 3.32. The van der Waals surface area contributed by atoms with Crippen molar-refractivity contribution in [1.29, 1.82) is 0 Å². The van der Waals surface area contributed by atoms with Crippen molar-refractivity contribution in [2.24, 2.45) is 0 Å². The first kappa shape index (κ1) is 15.5. The summed E-state index contributed by atoms with van der Waals surface area (Å²) in [6, 6.07) is 16.7. The van der Waals surface area contributed by atoms with Crippen LogP contribution < -0.4 is 4.74 Å². The predicted molar refractivity (Wildman–Crippen MR) is 83.5 cm³/mol. The first-order valence-corrected chi connectivity index (χ1v) is 6.79. The summed E-state index contributed by atoms with van der Waals surface area (Å²) in [5.41, 5.74) is 1.40. The van der Waals surface area contributed by atoms with E-state index in [4.69, 9.17) is 9.84 Å². The molecule has 0 radical (unpaired) electrons. The van der Waals surface area contributed by atoms with Gasteiger partial charge in [-0.15, -0.1) is 0 Å². The largest absolute Gasteiger partial charge is 0.489 e. The second kappa shape index (κ2) is 7.22. The Morgan fingerprint density at radius 3 is 2.45 bits per heavy atom. The van der Waals surface area contributed by atoms with Crippen molar-refractivity contribution < 1.29 is 19.4 Å². The van der Waals surface area contributed by atoms with Crippen LogP contribution in [0.5, 0.6) is 5.75 Å². The summed E-state index contributed by atoms with van der Waals surface area (Å²) in [7, 11) is 0. The molecule has 4 heteroatoms. The van der Waals surface area contributed by atoms with Crippen molar-refractivity contribution in [2.75, 3.05) is 0 Å². The van der Waals surface area contributed by atoms with Crippen molar-refractivity contribution in [2.45, 2.75) is 13.5 Å². The Morgan fingerprint density at radius 2 is 1.82 bits per heavy atom. The van der Waals surface area contributed by atoms with Gasteiger partial charge in [0.25, 0.3) is 0 Å². The number of carbonyl (C=O) groups excluding carboxylic acids is 1. The van der Waals surface area contributed by atoms with Gasteiger partial charge in [0.1, 0.15) is 17.9 Å². The first-order valence-electron chi connectivity index (χ1n) is 6.79. The fourth-order valence-corrected chi connectivity index (χ4v) is 1.92. The van der Waals surface area contributed by atoms with E-state index in [1.165, 1.54) is 13.0 Å². The molecule has 2 aromatic carbocycles. The number of carbonyl (C=O) groups is 2. The Morgan fingerprint density at radius 1 is 1.09 bits per heavy atom. The molecule has 0 saturated carbocycles. The Hall–Kier alpha value is -2.88. The molecule has 0 aliphatic rings. The molecule has 0 aromatic heterocycles. The number of rotatable bonds is 6. The Labute approximate surface area is 128 Å². The van der Waals surface area contributed by atoms with Crippen molar-refractivity contribution in [3.63, 3.8) is 0 Å². The van der Waals surface area contributed by atoms with Gasteiger partial charge in [0.15, 0.2) is 5.78 Å². The number of benzene rings is 2. The van der Waals surface area contributed by atoms with Crippen LogP contribution in [0.3, 0.4) is 0 Å². The molecule has 112 valence electrons. The third kappa shape index (κ3) is 4.31. The van der Waals surface area contributed by atoms with Gasteiger partial charge in [-0.25, -0.2) is 4.79 Å². The molecular formula is C18H16O4. The number of hydrogen-bond donors (Lipinski definition) is 1. The van der Waals surface area contributed by atoms with Crippen LogP contribution in [-0.2, 0) is 16.2 Å². The van der Waals surface area contributed by atoms with E-state index in [9.17, 15) is 9.59 Å². The normalized spacial score (nSPS) is 11.0. The van der Waals surface area contributed by atoms with Crippen molar-refractivity contribution in [3.05, 3.63) is 71.3 Å². The molecule has 2 aromatic rings. The number of Topliss-reactive ketones (excluding diaryl/α,β-unsaturated/α-hetero) is 1. The summed E-state index contributed by atoms with van der Waals surface area (Å²) in [6.45, 7) is 1.65. The van der Waals surface area contributed by atoms with Gasteiger partial charge in [0, 0.05) is 0 Å². The average molecular weight is 296 g/mol. The number of ether oxygens (including phenoxy) is 1. The van der Waals surface area contributed by atoms with Gasteiger partial charge >= 0.3 is 5.97 Å². The number of hydrogen-bond acceptors (Lipinski definition) is 3. The maximum Gasteiger partial charge on any atom is 0.339 e. The maximum atomic E-state index is 11.3. The van der Waals surface area contributed by atoms with Crippen LogP contribution in [-0.4, -0.2) is 16.9 Å². The smallest absolute Gasteiger partial charge is 0.339 e. The zero-order valence-corrected chi connectivity index (χ0v) is 12.2. The van der Waals surface area contributed by atoms with E-state index in [1.807, 2.05) is 30.3 Å². The lowest BCUT2D eigenvalue weighted by Crippen LogP contribution is -2.08. The van der Waals surface area contributed by atoms with Gasteiger partial charge in [0.05, 0.1) is 0 Å². The molecular weight excluding hydrogens is 280 g/mol. The lowest BCUT2D eigenvalue weighted by Gasteiger charge is -2.07. The molecule has 0 saturated heterocycles. The summed E-state index contributed by atoms with van der Waals surface area (Å²) in [4.78, 5) is 22.3. The molecule has 22 heavy (non-hydrogen) atoms. The SMILES string of the molecule is CC(=O)/C(=C\c1cccc(OCc2ccccc2)c1)C(=O)O. The van der Waals surface area contributed by atoms with Gasteiger partial charge in [-0.05, 0) is 36.3 Å². The van der Waals surface area contributed by atoms with Crippen molar-refractivity contribution >= 4 is 17.8 Å². The highest BCUT2D eigenvalue weighted by molar-refractivity contribution is 6.19. The van der Waals surface area contributed by atoms with Crippen LogP contribution >= 0.6 is 0 Å². The van der Waals surface area contributed by atoms with Gasteiger partial charge in [-0.2, -0.15) is 0 Å². The fourth-order valence-electron chi connectivity index (χ4n) is 1.92. The summed E-state index contributed by atoms with van der Waals surface area (Å²) in [5.74, 6) is -1.10. The van der Waals surface area contributed by atoms with E-state index in [-0.39, 0.29) is 5.57 Å². The van der Waals surface area contributed by atoms with Gasteiger partial charge in [-0.1, -0.05) is 42.5 Å². The van der Waals surface area contributed by atoms with Crippen LogP contribution in [0.2, 0.25) is 0 Å². The monoisotopic (exact) mass is 296 g/mol. The lowest BCUT2D eigenvalue weighted by atomic mass is 10.1. The molecule has 0 bridgehead atoms. The zero-order valence-electron chi connectivity index (χ0n) is 12.2. The minimum Gasteiger partial charge on any atom is -0.489 e. The Bertz CT molecular complexity index is 686. The van der Waals surface area contributed by atoms with Crippen LogP contribution in [0.4, 0.5) is 0 Å². The molecule has 0 heterocycles. The second-order valence-corrected chi connectivity index (χ2v) is 4.77. The number of aliphatic carboxylic acids is 1. The average Bonchev–Trinajstić information content (AvgIpc) is 2.51. The number of carboxylic acids is 1. The third-order valence-electron chi connectivity index (χ3n) is 3.03. The number of carboxylic acid groups (broad SMARTS) is 1. The number of ketones is 1. The van der Waals surface area contributed by atoms with Crippen LogP contribution in [0.1, 0.15) is 18.1 Å². The van der Waals surface area contributed by atoms with Gasteiger partial charge in [0.2, 0.25) is 0 Å².